The lowest BCUT2D eigenvalue weighted by Crippen LogP contribution is -2.43. The molecule has 0 aromatic heterocycles. The highest BCUT2D eigenvalue weighted by Gasteiger charge is 2.23. The second-order valence-electron chi connectivity index (χ2n) is 6.27. The van der Waals surface area contributed by atoms with Crippen molar-refractivity contribution < 1.29 is 13.9 Å². The van der Waals surface area contributed by atoms with E-state index < -0.39 is 5.82 Å². The second-order valence-corrected chi connectivity index (χ2v) is 6.27. The van der Waals surface area contributed by atoms with E-state index in [0.29, 0.717) is 17.4 Å². The maximum absolute atomic E-state index is 13.4. The third-order valence-corrected chi connectivity index (χ3v) is 3.98. The van der Waals surface area contributed by atoms with E-state index >= 15 is 0 Å². The molecule has 2 unspecified atom stereocenters. The highest BCUT2D eigenvalue weighted by atomic mass is 19.1. The molecule has 22 heavy (non-hydrogen) atoms. The maximum atomic E-state index is 13.4. The van der Waals surface area contributed by atoms with Gasteiger partial charge >= 0.3 is 6.03 Å². The molecule has 0 bridgehead atoms. The molecule has 2 amide bonds. The van der Waals surface area contributed by atoms with Gasteiger partial charge in [0, 0.05) is 12.1 Å². The molecule has 122 valence electrons. The zero-order valence-electron chi connectivity index (χ0n) is 13.5. The zero-order chi connectivity index (χ0) is 16.1. The highest BCUT2D eigenvalue weighted by Crippen LogP contribution is 2.27. The molecular weight excluding hydrogens is 283 g/mol. The zero-order valence-corrected chi connectivity index (χ0v) is 13.5. The highest BCUT2D eigenvalue weighted by molar-refractivity contribution is 5.91. The molecule has 1 aromatic carbocycles. The molecule has 2 rings (SSSR count). The number of carbonyl (C=O) groups is 1. The molecular formula is C17H25FN2O2. The van der Waals surface area contributed by atoms with E-state index in [9.17, 15) is 9.18 Å². The summed E-state index contributed by atoms with van der Waals surface area (Å²) in [7, 11) is 0. The van der Waals surface area contributed by atoms with Crippen LogP contribution < -0.4 is 15.4 Å². The smallest absolute Gasteiger partial charge is 0.319 e. The molecule has 0 saturated heterocycles. The number of halogens is 1. The van der Waals surface area contributed by atoms with Gasteiger partial charge in [-0.25, -0.2) is 9.18 Å². The first-order valence-corrected chi connectivity index (χ1v) is 7.99. The van der Waals surface area contributed by atoms with E-state index in [1.54, 1.807) is 0 Å². The molecule has 2 N–H and O–H groups in total. The summed E-state index contributed by atoms with van der Waals surface area (Å²) in [4.78, 5) is 12.2. The minimum absolute atomic E-state index is 0.0487. The van der Waals surface area contributed by atoms with E-state index in [4.69, 9.17) is 4.74 Å². The van der Waals surface area contributed by atoms with Gasteiger partial charge in [0.15, 0.2) is 0 Å². The summed E-state index contributed by atoms with van der Waals surface area (Å²) >= 11 is 0. The molecule has 1 saturated carbocycles. The fourth-order valence-corrected chi connectivity index (χ4v) is 2.81. The van der Waals surface area contributed by atoms with Gasteiger partial charge in [-0.15, -0.1) is 0 Å². The third kappa shape index (κ3) is 4.61. The molecule has 4 nitrogen and oxygen atoms in total. The lowest BCUT2D eigenvalue weighted by molar-refractivity contribution is 0.231. The molecule has 0 aliphatic heterocycles. The minimum Gasteiger partial charge on any atom is -0.489 e. The van der Waals surface area contributed by atoms with Gasteiger partial charge in [0.25, 0.3) is 0 Å². The number of nitrogens with one attached hydrogen (secondary N) is 2. The molecule has 0 radical (unpaired) electrons. The predicted octanol–water partition coefficient (Wildman–Crippen LogP) is 4.31. The Hall–Kier alpha value is -1.78. The number of benzene rings is 1. The fourth-order valence-electron chi connectivity index (χ4n) is 2.81. The number of anilines is 1. The van der Waals surface area contributed by atoms with Crippen LogP contribution in [0, 0.1) is 11.7 Å². The molecule has 0 spiro atoms. The Bertz CT molecular complexity index is 519. The van der Waals surface area contributed by atoms with E-state index in [2.05, 4.69) is 17.6 Å². The van der Waals surface area contributed by atoms with Gasteiger partial charge in [0.05, 0.1) is 11.8 Å². The van der Waals surface area contributed by atoms with E-state index in [1.165, 1.54) is 24.6 Å². The normalized spacial score (nSPS) is 21.5. The molecule has 5 heteroatoms. The summed E-state index contributed by atoms with van der Waals surface area (Å²) in [5.74, 6) is 0.541. The van der Waals surface area contributed by atoms with Gasteiger partial charge in [-0.2, -0.15) is 0 Å². The Labute approximate surface area is 131 Å². The average Bonchev–Trinajstić information content (AvgIpc) is 2.44. The summed E-state index contributed by atoms with van der Waals surface area (Å²) in [6.45, 7) is 5.92. The lowest BCUT2D eigenvalue weighted by Gasteiger charge is -2.29. The number of hydrogen-bond acceptors (Lipinski definition) is 2. The van der Waals surface area contributed by atoms with Crippen molar-refractivity contribution in [1.82, 2.24) is 5.32 Å². The van der Waals surface area contributed by atoms with Gasteiger partial charge in [-0.1, -0.05) is 19.8 Å². The van der Waals surface area contributed by atoms with Crippen LogP contribution >= 0.6 is 0 Å². The van der Waals surface area contributed by atoms with Crippen LogP contribution in [0.4, 0.5) is 14.9 Å². The molecule has 0 heterocycles. The first-order valence-electron chi connectivity index (χ1n) is 7.99. The number of urea groups is 1. The number of rotatable bonds is 4. The number of amides is 2. The molecule has 1 aromatic rings. The van der Waals surface area contributed by atoms with Crippen molar-refractivity contribution in [1.29, 1.82) is 0 Å². The maximum Gasteiger partial charge on any atom is 0.319 e. The Morgan fingerprint density at radius 3 is 2.73 bits per heavy atom. The molecule has 1 aliphatic carbocycles. The monoisotopic (exact) mass is 308 g/mol. The van der Waals surface area contributed by atoms with Gasteiger partial charge in [-0.3, -0.25) is 0 Å². The molecule has 1 aliphatic rings. The summed E-state index contributed by atoms with van der Waals surface area (Å²) in [5, 5.41) is 5.70. The van der Waals surface area contributed by atoms with Crippen LogP contribution in [0.15, 0.2) is 18.2 Å². The van der Waals surface area contributed by atoms with Gasteiger partial charge < -0.3 is 15.4 Å². The van der Waals surface area contributed by atoms with Crippen LogP contribution in [0.25, 0.3) is 0 Å². The SMILES string of the molecule is CC(C)Oc1ccc(F)cc1NC(=O)NC1CCCCC1C. The Morgan fingerprint density at radius 1 is 1.32 bits per heavy atom. The van der Waals surface area contributed by atoms with Crippen molar-refractivity contribution in [3.8, 4) is 5.75 Å². The van der Waals surface area contributed by atoms with Crippen molar-refractivity contribution in [3.05, 3.63) is 24.0 Å². The summed E-state index contributed by atoms with van der Waals surface area (Å²) in [6, 6.07) is 4.01. The third-order valence-electron chi connectivity index (χ3n) is 3.98. The van der Waals surface area contributed by atoms with Gasteiger partial charge in [-0.05, 0) is 44.7 Å². The minimum atomic E-state index is -0.405. The largest absolute Gasteiger partial charge is 0.489 e. The second kappa shape index (κ2) is 7.47. The van der Waals surface area contributed by atoms with E-state index in [0.717, 1.165) is 19.3 Å². The summed E-state index contributed by atoms with van der Waals surface area (Å²) < 4.78 is 19.0. The molecule has 1 fully saturated rings. The summed E-state index contributed by atoms with van der Waals surface area (Å²) in [5.41, 5.74) is 0.356. The van der Waals surface area contributed by atoms with E-state index in [-0.39, 0.29) is 18.2 Å². The average molecular weight is 308 g/mol. The van der Waals surface area contributed by atoms with Gasteiger partial charge in [0.1, 0.15) is 11.6 Å². The van der Waals surface area contributed by atoms with Crippen LogP contribution in [0.3, 0.4) is 0 Å². The predicted molar refractivity (Wildman–Crippen MR) is 85.7 cm³/mol. The van der Waals surface area contributed by atoms with Crippen LogP contribution in [0.2, 0.25) is 0 Å². The first kappa shape index (κ1) is 16.6. The first-order chi connectivity index (χ1) is 10.5. The lowest BCUT2D eigenvalue weighted by atomic mass is 9.86. The Kier molecular flexibility index (Phi) is 5.63. The number of carbonyl (C=O) groups excluding carboxylic acids is 1. The standard InChI is InChI=1S/C17H25FN2O2/c1-11(2)22-16-9-8-13(18)10-15(16)20-17(21)19-14-7-5-4-6-12(14)3/h8-12,14H,4-7H2,1-3H3,(H2,19,20,21). The van der Waals surface area contributed by atoms with Crippen molar-refractivity contribution in [2.75, 3.05) is 5.32 Å². The van der Waals surface area contributed by atoms with Gasteiger partial charge in [0.2, 0.25) is 0 Å². The van der Waals surface area contributed by atoms with Crippen LogP contribution in [-0.2, 0) is 0 Å². The number of hydrogen-bond donors (Lipinski definition) is 2. The van der Waals surface area contributed by atoms with Crippen LogP contribution in [0.5, 0.6) is 5.75 Å². The van der Waals surface area contributed by atoms with Crippen LogP contribution in [-0.4, -0.2) is 18.2 Å². The van der Waals surface area contributed by atoms with Crippen LogP contribution in [0.1, 0.15) is 46.5 Å². The Morgan fingerprint density at radius 2 is 2.05 bits per heavy atom. The quantitative estimate of drug-likeness (QED) is 0.870. The summed E-state index contributed by atoms with van der Waals surface area (Å²) in [6.07, 6.45) is 4.43. The Balaban J connectivity index is 2.02. The van der Waals surface area contributed by atoms with Crippen molar-refractivity contribution in [3.63, 3.8) is 0 Å². The fraction of sp³-hybridized carbons (Fsp3) is 0.588. The van der Waals surface area contributed by atoms with E-state index in [1.807, 2.05) is 13.8 Å². The van der Waals surface area contributed by atoms with Crippen molar-refractivity contribution >= 4 is 11.7 Å². The van der Waals surface area contributed by atoms with Crippen molar-refractivity contribution in [2.45, 2.75) is 58.6 Å². The van der Waals surface area contributed by atoms with Crippen molar-refractivity contribution in [2.24, 2.45) is 5.92 Å². The topological polar surface area (TPSA) is 50.4 Å². The number of ether oxygens (including phenoxy) is 1. The molecule has 2 atom stereocenters.